The Morgan fingerprint density at radius 1 is 1.15 bits per heavy atom. The molecule has 39 heavy (non-hydrogen) atoms. The van der Waals surface area contributed by atoms with Gasteiger partial charge in [-0.3, -0.25) is 14.2 Å². The average molecular weight is 551 g/mol. The number of aromatic nitrogens is 2. The number of carbonyl (C=O) groups is 1. The van der Waals surface area contributed by atoms with Crippen LogP contribution in [-0.2, 0) is 9.53 Å². The molecule has 1 aromatic heterocycles. The van der Waals surface area contributed by atoms with Gasteiger partial charge in [0.05, 0.1) is 51.0 Å². The molecule has 1 saturated heterocycles. The van der Waals surface area contributed by atoms with Crippen LogP contribution in [0.5, 0.6) is 11.5 Å². The number of benzene rings is 2. The van der Waals surface area contributed by atoms with Crippen LogP contribution < -0.4 is 29.3 Å². The summed E-state index contributed by atoms with van der Waals surface area (Å²) in [6.45, 7) is 2.48. The number of anilines is 1. The fourth-order valence-corrected chi connectivity index (χ4v) is 4.82. The number of nitrogens with zero attached hydrogens (tertiary/aromatic N) is 6. The van der Waals surface area contributed by atoms with Crippen LogP contribution in [-0.4, -0.2) is 68.5 Å². The van der Waals surface area contributed by atoms with Crippen LogP contribution in [0.1, 0.15) is 5.56 Å². The second-order valence-corrected chi connectivity index (χ2v) is 9.25. The summed E-state index contributed by atoms with van der Waals surface area (Å²) in [6.07, 6.45) is 3.18. The van der Waals surface area contributed by atoms with Gasteiger partial charge in [-0.2, -0.15) is 0 Å². The lowest BCUT2D eigenvalue weighted by molar-refractivity contribution is -0.759. The number of methoxy groups -OCH3 is 2. The Kier molecular flexibility index (Phi) is 8.08. The molecule has 0 N–H and O–H groups in total. The molecule has 1 fully saturated rings. The van der Waals surface area contributed by atoms with Crippen molar-refractivity contribution in [1.82, 2.24) is 5.27 Å². The highest BCUT2D eigenvalue weighted by molar-refractivity contribution is 8.14. The minimum atomic E-state index is -0.458. The normalized spacial score (nSPS) is 17.1. The first-order chi connectivity index (χ1) is 19.1. The third-order valence-corrected chi connectivity index (χ3v) is 6.77. The Balaban J connectivity index is 1.38. The van der Waals surface area contributed by atoms with E-state index in [1.165, 1.54) is 16.8 Å². The summed E-state index contributed by atoms with van der Waals surface area (Å²) in [5.41, 5.74) is 1.45. The summed E-state index contributed by atoms with van der Waals surface area (Å²) in [7, 11) is 3.08. The zero-order valence-electron chi connectivity index (χ0n) is 21.4. The van der Waals surface area contributed by atoms with Crippen molar-refractivity contribution in [2.24, 2.45) is 9.98 Å². The molecule has 0 bridgehead atoms. The summed E-state index contributed by atoms with van der Waals surface area (Å²) in [5, 5.41) is 18.9. The molecular weight excluding hydrogens is 524 g/mol. The van der Waals surface area contributed by atoms with Gasteiger partial charge in [0.25, 0.3) is 12.1 Å². The van der Waals surface area contributed by atoms with E-state index >= 15 is 0 Å². The van der Waals surface area contributed by atoms with E-state index in [2.05, 4.69) is 15.3 Å². The Morgan fingerprint density at radius 3 is 2.69 bits per heavy atom. The quantitative estimate of drug-likeness (QED) is 0.177. The van der Waals surface area contributed by atoms with Crippen molar-refractivity contribution in [3.63, 3.8) is 0 Å². The first-order valence-corrected chi connectivity index (χ1v) is 13.1. The Hall–Kier alpha value is -4.36. The molecule has 5 rings (SSSR count). The van der Waals surface area contributed by atoms with E-state index in [1.807, 2.05) is 23.2 Å². The molecule has 1 amide bonds. The van der Waals surface area contributed by atoms with Crippen molar-refractivity contribution in [3.8, 4) is 11.5 Å². The molecule has 3 heterocycles. The zero-order chi connectivity index (χ0) is 27.2. The van der Waals surface area contributed by atoms with Crippen molar-refractivity contribution in [3.05, 3.63) is 66.0 Å². The minimum absolute atomic E-state index is 0.0660. The average Bonchev–Trinajstić information content (AvgIpc) is 3.56. The maximum Gasteiger partial charge on any atom is 0.324 e. The van der Waals surface area contributed by atoms with Gasteiger partial charge in [-0.05, 0) is 30.2 Å². The summed E-state index contributed by atoms with van der Waals surface area (Å²) in [5.74, 6) is 0.245. The smallest absolute Gasteiger partial charge is 0.324 e. The maximum atomic E-state index is 13.5. The highest BCUT2D eigenvalue weighted by Crippen LogP contribution is 2.35. The van der Waals surface area contributed by atoms with Crippen molar-refractivity contribution in [2.45, 2.75) is 0 Å². The van der Waals surface area contributed by atoms with Crippen LogP contribution in [0.2, 0.25) is 0 Å². The number of hydrogen-bond acceptors (Lipinski definition) is 11. The SMILES string of the molecule is COc1cccc(/C=C2/N=C(SC/C([O-])=N\c3c[n+](N4CCOCC4)no3)N(c3ccccc3)C2=O)c1OC. The molecule has 0 unspecified atom stereocenters. The Bertz CT molecular complexity index is 1420. The molecule has 0 spiro atoms. The summed E-state index contributed by atoms with van der Waals surface area (Å²) in [4.78, 5) is 25.0. The van der Waals surface area contributed by atoms with Gasteiger partial charge in [0.15, 0.2) is 16.7 Å². The van der Waals surface area contributed by atoms with Crippen molar-refractivity contribution in [1.29, 1.82) is 0 Å². The third kappa shape index (κ3) is 5.89. The molecule has 202 valence electrons. The predicted octanol–water partition coefficient (Wildman–Crippen LogP) is 1.51. The van der Waals surface area contributed by atoms with E-state index in [9.17, 15) is 9.90 Å². The number of rotatable bonds is 8. The molecule has 0 atom stereocenters. The summed E-state index contributed by atoms with van der Waals surface area (Å²) >= 11 is 1.10. The first kappa shape index (κ1) is 26.3. The molecule has 0 radical (unpaired) electrons. The Morgan fingerprint density at radius 2 is 1.95 bits per heavy atom. The van der Waals surface area contributed by atoms with Gasteiger partial charge in [0.1, 0.15) is 5.70 Å². The van der Waals surface area contributed by atoms with E-state index in [0.717, 1.165) is 11.8 Å². The number of amides is 1. The van der Waals surface area contributed by atoms with Crippen LogP contribution in [0.4, 0.5) is 11.6 Å². The van der Waals surface area contributed by atoms with Gasteiger partial charge in [0, 0.05) is 11.3 Å². The number of ether oxygens (including phenoxy) is 3. The fourth-order valence-electron chi connectivity index (χ4n) is 4.02. The van der Waals surface area contributed by atoms with E-state index in [-0.39, 0.29) is 23.2 Å². The number of amidine groups is 1. The second-order valence-electron chi connectivity index (χ2n) is 8.30. The maximum absolute atomic E-state index is 13.5. The standard InChI is InChI=1S/C26H26N6O6S/c1-35-21-10-6-7-18(24(21)36-2)15-20-25(34)32(19-8-4-3-5-9-19)26(27-20)39-17-22(33)28-23-16-31(29-38-23)30-11-13-37-14-12-30/h3-10,15-16H,11-14,17H2,1-2H3/b20-15+. The number of thioether (sulfide) groups is 1. The zero-order valence-corrected chi connectivity index (χ0v) is 22.2. The molecule has 2 aliphatic heterocycles. The van der Waals surface area contributed by atoms with Crippen LogP contribution in [0.25, 0.3) is 6.08 Å². The molecule has 12 nitrogen and oxygen atoms in total. The molecule has 0 saturated carbocycles. The van der Waals surface area contributed by atoms with E-state index in [0.29, 0.717) is 54.2 Å². The highest BCUT2D eigenvalue weighted by Gasteiger charge is 2.32. The molecular formula is C26H26N6O6S. The lowest BCUT2D eigenvalue weighted by atomic mass is 10.1. The topological polar surface area (TPSA) is 129 Å². The summed E-state index contributed by atoms with van der Waals surface area (Å²) in [6, 6.07) is 14.5. The lowest BCUT2D eigenvalue weighted by Crippen LogP contribution is -2.62. The van der Waals surface area contributed by atoms with Gasteiger partial charge >= 0.3 is 5.88 Å². The number of aliphatic imine (C=N–C) groups is 2. The van der Waals surface area contributed by atoms with Gasteiger partial charge < -0.3 is 19.3 Å². The number of hydrogen-bond donors (Lipinski definition) is 0. The number of carbonyl (C=O) groups excluding carboxylic acids is 1. The van der Waals surface area contributed by atoms with Gasteiger partial charge in [-0.25, -0.2) is 9.98 Å². The largest absolute Gasteiger partial charge is 0.861 e. The third-order valence-electron chi connectivity index (χ3n) is 5.85. The van der Waals surface area contributed by atoms with Crippen molar-refractivity contribution in [2.75, 3.05) is 56.2 Å². The lowest BCUT2D eigenvalue weighted by Gasteiger charge is -2.18. The Labute approximate surface area is 228 Å². The molecule has 3 aromatic rings. The van der Waals surface area contributed by atoms with Crippen LogP contribution in [0, 0.1) is 0 Å². The van der Waals surface area contributed by atoms with Gasteiger partial charge in [-0.15, -0.1) is 5.01 Å². The van der Waals surface area contributed by atoms with Crippen molar-refractivity contribution >= 4 is 46.4 Å². The molecule has 2 aromatic carbocycles. The fraction of sp³-hybridized carbons (Fsp3) is 0.269. The van der Waals surface area contributed by atoms with Crippen molar-refractivity contribution < 1.29 is 33.4 Å². The van der Waals surface area contributed by atoms with Gasteiger partial charge in [-0.1, -0.05) is 42.1 Å². The van der Waals surface area contributed by atoms with Gasteiger partial charge in [0.2, 0.25) is 5.27 Å². The monoisotopic (exact) mass is 550 g/mol. The minimum Gasteiger partial charge on any atom is -0.861 e. The molecule has 0 aliphatic carbocycles. The predicted molar refractivity (Wildman–Crippen MR) is 144 cm³/mol. The number of morpholine rings is 1. The van der Waals surface area contributed by atoms with E-state index in [1.54, 1.807) is 49.7 Å². The summed E-state index contributed by atoms with van der Waals surface area (Å²) < 4.78 is 21.4. The van der Waals surface area contributed by atoms with Crippen LogP contribution in [0.15, 0.2) is 74.9 Å². The first-order valence-electron chi connectivity index (χ1n) is 12.1. The molecule has 2 aliphatic rings. The highest BCUT2D eigenvalue weighted by atomic mass is 32.2. The van der Waals surface area contributed by atoms with Crippen LogP contribution in [0.3, 0.4) is 0 Å². The molecule has 13 heteroatoms. The second kappa shape index (κ2) is 12.0. The van der Waals surface area contributed by atoms with Crippen LogP contribution >= 0.6 is 11.8 Å². The van der Waals surface area contributed by atoms with E-state index < -0.39 is 5.90 Å². The van der Waals surface area contributed by atoms with E-state index in [4.69, 9.17) is 18.7 Å². The number of para-hydroxylation sites is 2.